The summed E-state index contributed by atoms with van der Waals surface area (Å²) in [6.45, 7) is 3.89. The van der Waals surface area contributed by atoms with E-state index in [0.717, 1.165) is 22.3 Å². The van der Waals surface area contributed by atoms with Crippen molar-refractivity contribution < 1.29 is 0 Å². The maximum absolute atomic E-state index is 4.60. The topological polar surface area (TPSA) is 17.3 Å². The molecule has 0 radical (unpaired) electrons. The summed E-state index contributed by atoms with van der Waals surface area (Å²) >= 11 is 0. The Morgan fingerprint density at radius 2 is 1.76 bits per heavy atom. The highest BCUT2D eigenvalue weighted by molar-refractivity contribution is 5.82. The predicted molar refractivity (Wildman–Crippen MR) is 70.7 cm³/mol. The van der Waals surface area contributed by atoms with Gasteiger partial charge in [0.2, 0.25) is 0 Å². The minimum Gasteiger partial charge on any atom is -0.240 e. The average molecular weight is 220 g/mol. The van der Waals surface area contributed by atoms with Gasteiger partial charge in [-0.1, -0.05) is 49.1 Å². The fourth-order valence-electron chi connectivity index (χ4n) is 2.03. The first-order chi connectivity index (χ1) is 8.40. The Bertz CT molecular complexity index is 666. The van der Waals surface area contributed by atoms with Crippen LogP contribution in [-0.2, 0) is 0 Å². The van der Waals surface area contributed by atoms with Gasteiger partial charge in [0.05, 0.1) is 5.52 Å². The summed E-state index contributed by atoms with van der Waals surface area (Å²) in [7, 11) is 0. The lowest BCUT2D eigenvalue weighted by Crippen LogP contribution is -1.84. The molecule has 0 aliphatic carbocycles. The fraction of sp³-hybridized carbons (Fsp3) is 0. The number of aromatic nitrogens is 2. The van der Waals surface area contributed by atoms with Gasteiger partial charge >= 0.3 is 0 Å². The third-order valence-corrected chi connectivity index (χ3v) is 2.83. The zero-order valence-corrected chi connectivity index (χ0v) is 9.38. The molecule has 82 valence electrons. The molecule has 2 nitrogen and oxygen atoms in total. The van der Waals surface area contributed by atoms with E-state index in [2.05, 4.69) is 29.9 Å². The molecule has 0 spiro atoms. The van der Waals surface area contributed by atoms with Crippen LogP contribution in [0.1, 0.15) is 5.56 Å². The summed E-state index contributed by atoms with van der Waals surface area (Å²) in [6.07, 6.45) is 3.82. The normalized spacial score (nSPS) is 10.6. The Morgan fingerprint density at radius 3 is 2.53 bits per heavy atom. The van der Waals surface area contributed by atoms with Gasteiger partial charge in [-0.05, 0) is 12.1 Å². The highest BCUT2D eigenvalue weighted by atomic mass is 15.2. The lowest BCUT2D eigenvalue weighted by Gasteiger charge is -1.97. The molecule has 17 heavy (non-hydrogen) atoms. The lowest BCUT2D eigenvalue weighted by molar-refractivity contribution is 0.966. The van der Waals surface area contributed by atoms with Crippen LogP contribution in [0.15, 0.2) is 61.3 Å². The van der Waals surface area contributed by atoms with Crippen molar-refractivity contribution >= 4 is 11.6 Å². The van der Waals surface area contributed by atoms with E-state index in [1.54, 1.807) is 0 Å². The summed E-state index contributed by atoms with van der Waals surface area (Å²) < 4.78 is 1.89. The Hall–Kier alpha value is -2.35. The van der Waals surface area contributed by atoms with Crippen LogP contribution in [-0.4, -0.2) is 9.61 Å². The van der Waals surface area contributed by atoms with E-state index in [4.69, 9.17) is 0 Å². The molecule has 0 aliphatic rings. The van der Waals surface area contributed by atoms with E-state index >= 15 is 0 Å². The molecule has 3 aromatic rings. The van der Waals surface area contributed by atoms with E-state index in [1.165, 1.54) is 0 Å². The third-order valence-electron chi connectivity index (χ3n) is 2.83. The average Bonchev–Trinajstić information content (AvgIpc) is 2.78. The van der Waals surface area contributed by atoms with Gasteiger partial charge in [-0.3, -0.25) is 0 Å². The van der Waals surface area contributed by atoms with Gasteiger partial charge in [-0.15, -0.1) is 0 Å². The zero-order valence-electron chi connectivity index (χ0n) is 9.38. The quantitative estimate of drug-likeness (QED) is 0.644. The van der Waals surface area contributed by atoms with Crippen LogP contribution in [0.25, 0.3) is 22.9 Å². The second-order valence-corrected chi connectivity index (χ2v) is 3.86. The molecule has 0 bridgehead atoms. The molecule has 1 aromatic carbocycles. The van der Waals surface area contributed by atoms with E-state index in [1.807, 2.05) is 47.1 Å². The standard InChI is InChI=1S/C15H12N2/c1-2-13-14-10-6-7-11-17(14)16-15(13)12-8-4-3-5-9-12/h2-11H,1H2. The van der Waals surface area contributed by atoms with Gasteiger partial charge in [0, 0.05) is 17.3 Å². The second-order valence-electron chi connectivity index (χ2n) is 3.86. The van der Waals surface area contributed by atoms with Crippen molar-refractivity contribution in [1.29, 1.82) is 0 Å². The van der Waals surface area contributed by atoms with Crippen LogP contribution in [0.5, 0.6) is 0 Å². The summed E-state index contributed by atoms with van der Waals surface area (Å²) in [6, 6.07) is 16.2. The van der Waals surface area contributed by atoms with Crippen molar-refractivity contribution in [2.24, 2.45) is 0 Å². The first-order valence-corrected chi connectivity index (χ1v) is 5.55. The SMILES string of the molecule is C=Cc1c(-c2ccccc2)nn2ccccc12. The number of benzene rings is 1. The van der Waals surface area contributed by atoms with Gasteiger partial charge < -0.3 is 0 Å². The molecular formula is C15H12N2. The molecule has 2 heterocycles. The zero-order chi connectivity index (χ0) is 11.7. The molecule has 0 N–H and O–H groups in total. The smallest absolute Gasteiger partial charge is 0.101 e. The fourth-order valence-corrected chi connectivity index (χ4v) is 2.03. The first-order valence-electron chi connectivity index (χ1n) is 5.55. The predicted octanol–water partition coefficient (Wildman–Crippen LogP) is 3.64. The molecule has 0 saturated heterocycles. The van der Waals surface area contributed by atoms with Crippen molar-refractivity contribution in [3.05, 3.63) is 66.9 Å². The largest absolute Gasteiger partial charge is 0.240 e. The molecule has 0 unspecified atom stereocenters. The molecule has 2 aromatic heterocycles. The highest BCUT2D eigenvalue weighted by Gasteiger charge is 2.10. The van der Waals surface area contributed by atoms with Gasteiger partial charge in [0.25, 0.3) is 0 Å². The maximum Gasteiger partial charge on any atom is 0.101 e. The number of nitrogens with zero attached hydrogens (tertiary/aromatic N) is 2. The van der Waals surface area contributed by atoms with Crippen LogP contribution in [0.3, 0.4) is 0 Å². The van der Waals surface area contributed by atoms with Gasteiger partial charge in [0.15, 0.2) is 0 Å². The van der Waals surface area contributed by atoms with Crippen molar-refractivity contribution in [1.82, 2.24) is 9.61 Å². The monoisotopic (exact) mass is 220 g/mol. The Labute approximate surface area is 99.8 Å². The molecule has 0 saturated carbocycles. The molecule has 0 fully saturated rings. The van der Waals surface area contributed by atoms with Gasteiger partial charge in [0.1, 0.15) is 5.69 Å². The van der Waals surface area contributed by atoms with E-state index in [9.17, 15) is 0 Å². The van der Waals surface area contributed by atoms with Crippen LogP contribution >= 0.6 is 0 Å². The van der Waals surface area contributed by atoms with Crippen LogP contribution in [0.4, 0.5) is 0 Å². The van der Waals surface area contributed by atoms with Crippen LogP contribution in [0, 0.1) is 0 Å². The lowest BCUT2D eigenvalue weighted by atomic mass is 10.1. The van der Waals surface area contributed by atoms with Crippen molar-refractivity contribution in [3.63, 3.8) is 0 Å². The number of pyridine rings is 1. The number of rotatable bonds is 2. The molecule has 3 rings (SSSR count). The Kier molecular flexibility index (Phi) is 2.26. The van der Waals surface area contributed by atoms with E-state index in [0.29, 0.717) is 0 Å². The van der Waals surface area contributed by atoms with Crippen molar-refractivity contribution in [2.45, 2.75) is 0 Å². The summed E-state index contributed by atoms with van der Waals surface area (Å²) in [5, 5.41) is 4.60. The minimum atomic E-state index is 0.979. The van der Waals surface area contributed by atoms with Crippen LogP contribution in [0.2, 0.25) is 0 Å². The molecule has 2 heteroatoms. The third kappa shape index (κ3) is 1.54. The molecule has 0 aliphatic heterocycles. The number of hydrogen-bond donors (Lipinski definition) is 0. The minimum absolute atomic E-state index is 0.979. The summed E-state index contributed by atoms with van der Waals surface area (Å²) in [4.78, 5) is 0. The summed E-state index contributed by atoms with van der Waals surface area (Å²) in [5.41, 5.74) is 4.26. The van der Waals surface area contributed by atoms with Crippen LogP contribution < -0.4 is 0 Å². The molecule has 0 atom stereocenters. The maximum atomic E-state index is 4.60. The second kappa shape index (κ2) is 3.91. The van der Waals surface area contributed by atoms with E-state index in [-0.39, 0.29) is 0 Å². The summed E-state index contributed by atoms with van der Waals surface area (Å²) in [5.74, 6) is 0. The number of fused-ring (bicyclic) bond motifs is 1. The van der Waals surface area contributed by atoms with Crippen molar-refractivity contribution in [3.8, 4) is 11.3 Å². The van der Waals surface area contributed by atoms with E-state index < -0.39 is 0 Å². The highest BCUT2D eigenvalue weighted by Crippen LogP contribution is 2.26. The van der Waals surface area contributed by atoms with Gasteiger partial charge in [-0.2, -0.15) is 5.10 Å². The Morgan fingerprint density at radius 1 is 1.00 bits per heavy atom. The van der Waals surface area contributed by atoms with Crippen molar-refractivity contribution in [2.75, 3.05) is 0 Å². The molecule has 0 amide bonds. The molecular weight excluding hydrogens is 208 g/mol. The number of hydrogen-bond acceptors (Lipinski definition) is 1. The van der Waals surface area contributed by atoms with Gasteiger partial charge in [-0.25, -0.2) is 4.52 Å². The first kappa shape index (κ1) is 9.85. The Balaban J connectivity index is 2.33.